The number of benzene rings is 1. The molecular formula is C21H19F3N6O3. The number of anilines is 3. The van der Waals surface area contributed by atoms with Crippen LogP contribution < -0.4 is 25.0 Å². The quantitative estimate of drug-likeness (QED) is 0.599. The Kier molecular flexibility index (Phi) is 6.16. The lowest BCUT2D eigenvalue weighted by molar-refractivity contribution is -0.274. The highest BCUT2D eigenvalue weighted by Gasteiger charge is 2.31. The van der Waals surface area contributed by atoms with Gasteiger partial charge in [-0.25, -0.2) is 19.7 Å². The van der Waals surface area contributed by atoms with Crippen molar-refractivity contribution in [3.05, 3.63) is 48.8 Å². The van der Waals surface area contributed by atoms with Gasteiger partial charge in [0.25, 0.3) is 0 Å². The van der Waals surface area contributed by atoms with Crippen molar-refractivity contribution in [3.8, 4) is 22.9 Å². The predicted octanol–water partition coefficient (Wildman–Crippen LogP) is 4.30. The van der Waals surface area contributed by atoms with Gasteiger partial charge in [0.1, 0.15) is 17.9 Å². The molecule has 1 aliphatic heterocycles. The Balaban J connectivity index is 1.64. The number of rotatable bonds is 4. The maximum atomic E-state index is 13.0. The topological polar surface area (TPSA) is 102 Å². The van der Waals surface area contributed by atoms with Gasteiger partial charge in [0.2, 0.25) is 5.88 Å². The van der Waals surface area contributed by atoms with E-state index in [1.165, 1.54) is 42.6 Å². The fourth-order valence-corrected chi connectivity index (χ4v) is 3.27. The van der Waals surface area contributed by atoms with E-state index < -0.39 is 12.4 Å². The fraction of sp³-hybridized carbons (Fsp3) is 0.238. The number of alkyl halides is 3. The lowest BCUT2D eigenvalue weighted by Crippen LogP contribution is -2.36. The number of halogens is 3. The standard InChI is InChI=1S/C21H19F3N6O3/c1-32-18-11-17(26-12-27-18)29-20(31)30-9-3-8-25-16-7-6-15(28-19(16)30)13-4-2-5-14(10-13)33-21(22,23)24/h2,4-7,10-12,25H,3,8-9H2,1H3,(H,26,27,29,31). The van der Waals surface area contributed by atoms with Crippen molar-refractivity contribution >= 4 is 23.4 Å². The molecule has 0 unspecified atom stereocenters. The molecule has 12 heteroatoms. The molecule has 0 saturated carbocycles. The van der Waals surface area contributed by atoms with Crippen LogP contribution in [0.4, 0.5) is 35.3 Å². The third kappa shape index (κ3) is 5.40. The molecular weight excluding hydrogens is 441 g/mol. The summed E-state index contributed by atoms with van der Waals surface area (Å²) >= 11 is 0. The monoisotopic (exact) mass is 460 g/mol. The molecule has 0 saturated heterocycles. The molecule has 2 aromatic heterocycles. The van der Waals surface area contributed by atoms with Crippen LogP contribution in [0.5, 0.6) is 11.6 Å². The van der Waals surface area contributed by atoms with E-state index >= 15 is 0 Å². The van der Waals surface area contributed by atoms with E-state index in [0.717, 1.165) is 0 Å². The minimum absolute atomic E-state index is 0.249. The summed E-state index contributed by atoms with van der Waals surface area (Å²) < 4.78 is 46.8. The highest BCUT2D eigenvalue weighted by Crippen LogP contribution is 2.32. The normalized spacial score (nSPS) is 13.4. The number of fused-ring (bicyclic) bond motifs is 1. The number of urea groups is 1. The zero-order valence-electron chi connectivity index (χ0n) is 17.4. The number of hydrogen-bond acceptors (Lipinski definition) is 7. The molecule has 0 aliphatic carbocycles. The van der Waals surface area contributed by atoms with Crippen LogP contribution in [0, 0.1) is 0 Å². The minimum atomic E-state index is -4.80. The Bertz CT molecular complexity index is 1160. The maximum absolute atomic E-state index is 13.0. The number of carbonyl (C=O) groups is 1. The van der Waals surface area contributed by atoms with E-state index in [2.05, 4.69) is 30.3 Å². The van der Waals surface area contributed by atoms with Gasteiger partial charge in [0, 0.05) is 24.7 Å². The summed E-state index contributed by atoms with van der Waals surface area (Å²) in [7, 11) is 1.45. The Morgan fingerprint density at radius 1 is 1.18 bits per heavy atom. The minimum Gasteiger partial charge on any atom is -0.481 e. The molecule has 1 aromatic carbocycles. The number of ether oxygens (including phenoxy) is 2. The number of nitrogens with zero attached hydrogens (tertiary/aromatic N) is 4. The second kappa shape index (κ2) is 9.18. The number of aromatic nitrogens is 3. The Hall–Kier alpha value is -4.09. The fourth-order valence-electron chi connectivity index (χ4n) is 3.27. The van der Waals surface area contributed by atoms with E-state index in [4.69, 9.17) is 4.74 Å². The van der Waals surface area contributed by atoms with Crippen LogP contribution in [0.3, 0.4) is 0 Å². The second-order valence-corrected chi connectivity index (χ2v) is 6.95. The van der Waals surface area contributed by atoms with Gasteiger partial charge in [0.15, 0.2) is 5.82 Å². The first kappa shape index (κ1) is 22.1. The van der Waals surface area contributed by atoms with Crippen LogP contribution in [0.2, 0.25) is 0 Å². The summed E-state index contributed by atoms with van der Waals surface area (Å²) in [6.07, 6.45) is -2.89. The van der Waals surface area contributed by atoms with Crippen LogP contribution in [-0.4, -0.2) is 47.5 Å². The highest BCUT2D eigenvalue weighted by atomic mass is 19.4. The smallest absolute Gasteiger partial charge is 0.481 e. The van der Waals surface area contributed by atoms with Gasteiger partial charge in [-0.1, -0.05) is 12.1 Å². The molecule has 3 aromatic rings. The van der Waals surface area contributed by atoms with Crippen molar-refractivity contribution in [3.63, 3.8) is 0 Å². The van der Waals surface area contributed by atoms with Gasteiger partial charge in [-0.3, -0.25) is 10.2 Å². The summed E-state index contributed by atoms with van der Waals surface area (Å²) in [5, 5.41) is 5.90. The molecule has 2 amide bonds. The van der Waals surface area contributed by atoms with Crippen LogP contribution in [0.25, 0.3) is 11.3 Å². The summed E-state index contributed by atoms with van der Waals surface area (Å²) in [6.45, 7) is 0.982. The lowest BCUT2D eigenvalue weighted by Gasteiger charge is -2.22. The van der Waals surface area contributed by atoms with Crippen LogP contribution >= 0.6 is 0 Å². The van der Waals surface area contributed by atoms with Gasteiger partial charge < -0.3 is 14.8 Å². The van der Waals surface area contributed by atoms with Gasteiger partial charge in [-0.15, -0.1) is 13.2 Å². The molecule has 0 fully saturated rings. The zero-order valence-corrected chi connectivity index (χ0v) is 17.4. The predicted molar refractivity (Wildman–Crippen MR) is 114 cm³/mol. The van der Waals surface area contributed by atoms with E-state index in [1.54, 1.807) is 18.2 Å². The third-order valence-electron chi connectivity index (χ3n) is 4.70. The van der Waals surface area contributed by atoms with Crippen LogP contribution in [0.1, 0.15) is 6.42 Å². The largest absolute Gasteiger partial charge is 0.573 e. The van der Waals surface area contributed by atoms with Gasteiger partial charge in [0.05, 0.1) is 18.5 Å². The Labute approximate surface area is 186 Å². The lowest BCUT2D eigenvalue weighted by atomic mass is 10.1. The number of hydrogen-bond donors (Lipinski definition) is 2. The molecule has 33 heavy (non-hydrogen) atoms. The average Bonchev–Trinajstić information content (AvgIpc) is 3.00. The molecule has 172 valence electrons. The summed E-state index contributed by atoms with van der Waals surface area (Å²) in [4.78, 5) is 27.0. The summed E-state index contributed by atoms with van der Waals surface area (Å²) in [5.41, 5.74) is 1.41. The van der Waals surface area contributed by atoms with Crippen LogP contribution in [0.15, 0.2) is 48.8 Å². The molecule has 4 rings (SSSR count). The maximum Gasteiger partial charge on any atom is 0.573 e. The number of amides is 2. The first-order valence-electron chi connectivity index (χ1n) is 9.88. The number of nitrogens with one attached hydrogen (secondary N) is 2. The van der Waals surface area contributed by atoms with Crippen molar-refractivity contribution < 1.29 is 27.4 Å². The number of methoxy groups -OCH3 is 1. The van der Waals surface area contributed by atoms with Crippen molar-refractivity contribution in [2.75, 3.05) is 35.7 Å². The zero-order chi connectivity index (χ0) is 23.4. The van der Waals surface area contributed by atoms with Crippen molar-refractivity contribution in [1.29, 1.82) is 0 Å². The number of carbonyl (C=O) groups excluding carboxylic acids is 1. The molecule has 3 heterocycles. The van der Waals surface area contributed by atoms with E-state index in [-0.39, 0.29) is 11.6 Å². The molecule has 0 atom stereocenters. The molecule has 0 spiro atoms. The second-order valence-electron chi connectivity index (χ2n) is 6.95. The Morgan fingerprint density at radius 3 is 2.82 bits per heavy atom. The Morgan fingerprint density at radius 2 is 2.03 bits per heavy atom. The van der Waals surface area contributed by atoms with E-state index in [9.17, 15) is 18.0 Å². The summed E-state index contributed by atoms with van der Waals surface area (Å²) in [6, 6.07) is 9.89. The molecule has 0 bridgehead atoms. The van der Waals surface area contributed by atoms with Gasteiger partial charge >= 0.3 is 12.4 Å². The van der Waals surface area contributed by atoms with Crippen molar-refractivity contribution in [2.45, 2.75) is 12.8 Å². The molecule has 1 aliphatic rings. The molecule has 0 radical (unpaired) electrons. The molecule has 9 nitrogen and oxygen atoms in total. The van der Waals surface area contributed by atoms with E-state index in [1.807, 2.05) is 0 Å². The van der Waals surface area contributed by atoms with Crippen molar-refractivity contribution in [1.82, 2.24) is 15.0 Å². The third-order valence-corrected chi connectivity index (χ3v) is 4.70. The van der Waals surface area contributed by atoms with E-state index in [0.29, 0.717) is 48.2 Å². The number of pyridine rings is 1. The highest BCUT2D eigenvalue weighted by molar-refractivity contribution is 6.02. The first-order chi connectivity index (χ1) is 15.8. The SMILES string of the molecule is COc1cc(NC(=O)N2CCCNc3ccc(-c4cccc(OC(F)(F)F)c4)nc32)ncn1. The van der Waals surface area contributed by atoms with Gasteiger partial charge in [-0.05, 0) is 30.7 Å². The average molecular weight is 460 g/mol. The first-order valence-corrected chi connectivity index (χ1v) is 9.88. The van der Waals surface area contributed by atoms with Gasteiger partial charge in [-0.2, -0.15) is 0 Å². The summed E-state index contributed by atoms with van der Waals surface area (Å²) in [5.74, 6) is 0.520. The molecule has 2 N–H and O–H groups in total. The van der Waals surface area contributed by atoms with Crippen LogP contribution in [-0.2, 0) is 0 Å². The van der Waals surface area contributed by atoms with Crippen molar-refractivity contribution in [2.24, 2.45) is 0 Å².